The normalized spacial score (nSPS) is 12.0. The molecule has 0 saturated carbocycles. The van der Waals surface area contributed by atoms with Gasteiger partial charge in [-0.25, -0.2) is 9.48 Å². The number of carboxylic acid groups (broad SMARTS) is 1. The highest BCUT2D eigenvalue weighted by Crippen LogP contribution is 2.18. The van der Waals surface area contributed by atoms with Crippen molar-refractivity contribution in [3.63, 3.8) is 0 Å². The van der Waals surface area contributed by atoms with Gasteiger partial charge in [0, 0.05) is 5.69 Å². The molecular weight excluding hydrogens is 272 g/mol. The third-order valence-corrected chi connectivity index (χ3v) is 3.19. The highest BCUT2D eigenvalue weighted by Gasteiger charge is 2.22. The molecule has 21 heavy (non-hydrogen) atoms. The van der Waals surface area contributed by atoms with Gasteiger partial charge < -0.3 is 10.4 Å². The van der Waals surface area contributed by atoms with E-state index in [1.165, 1.54) is 0 Å². The summed E-state index contributed by atoms with van der Waals surface area (Å²) in [6.07, 6.45) is 1.12. The van der Waals surface area contributed by atoms with Gasteiger partial charge in [-0.05, 0) is 38.0 Å². The number of anilines is 1. The Bertz CT molecular complexity index is 693. The summed E-state index contributed by atoms with van der Waals surface area (Å²) in [5, 5.41) is 19.0. The van der Waals surface area contributed by atoms with Crippen molar-refractivity contribution in [2.24, 2.45) is 0 Å². The molecule has 0 saturated heterocycles. The summed E-state index contributed by atoms with van der Waals surface area (Å²) in [5.41, 5.74) is 2.52. The highest BCUT2D eigenvalue weighted by molar-refractivity contribution is 5.95. The van der Waals surface area contributed by atoms with Crippen LogP contribution in [0, 0.1) is 13.8 Å². The molecule has 7 nitrogen and oxygen atoms in total. The summed E-state index contributed by atoms with van der Waals surface area (Å²) < 4.78 is 1.09. The maximum absolute atomic E-state index is 12.3. The predicted molar refractivity (Wildman–Crippen MR) is 76.2 cm³/mol. The van der Waals surface area contributed by atoms with Gasteiger partial charge in [-0.15, -0.1) is 5.10 Å². The lowest BCUT2D eigenvalue weighted by atomic mass is 10.1. The van der Waals surface area contributed by atoms with Crippen LogP contribution in [-0.2, 0) is 4.79 Å². The zero-order valence-corrected chi connectivity index (χ0v) is 12.0. The minimum Gasteiger partial charge on any atom is -0.476 e. The van der Waals surface area contributed by atoms with E-state index >= 15 is 0 Å². The van der Waals surface area contributed by atoms with Crippen LogP contribution in [0.4, 0.5) is 5.69 Å². The monoisotopic (exact) mass is 288 g/mol. The molecule has 2 rings (SSSR count). The van der Waals surface area contributed by atoms with Crippen LogP contribution >= 0.6 is 0 Å². The zero-order chi connectivity index (χ0) is 15.6. The SMILES string of the molecule is Cc1ccc(C)c(NC(=O)C(C)n2nncc2C(=O)O)c1. The third-order valence-electron chi connectivity index (χ3n) is 3.19. The maximum atomic E-state index is 12.3. The predicted octanol–water partition coefficient (Wildman–Crippen LogP) is 1.79. The number of aromatic carboxylic acids is 1. The van der Waals surface area contributed by atoms with Crippen LogP contribution in [0.5, 0.6) is 0 Å². The topological polar surface area (TPSA) is 97.1 Å². The van der Waals surface area contributed by atoms with Crippen molar-refractivity contribution in [1.29, 1.82) is 0 Å². The molecule has 1 unspecified atom stereocenters. The Hall–Kier alpha value is -2.70. The summed E-state index contributed by atoms with van der Waals surface area (Å²) in [6, 6.07) is 4.94. The van der Waals surface area contributed by atoms with E-state index in [4.69, 9.17) is 5.11 Å². The standard InChI is InChI=1S/C14H16N4O3/c1-8-4-5-9(2)11(6-8)16-13(19)10(3)18-12(14(20)21)7-15-17-18/h4-7,10H,1-3H3,(H,16,19)(H,20,21). The van der Waals surface area contributed by atoms with Crippen molar-refractivity contribution in [3.8, 4) is 0 Å². The minimum absolute atomic E-state index is 0.126. The molecule has 1 aromatic carbocycles. The van der Waals surface area contributed by atoms with E-state index in [-0.39, 0.29) is 11.6 Å². The number of carbonyl (C=O) groups is 2. The second kappa shape index (κ2) is 5.74. The molecule has 0 aliphatic heterocycles. The number of nitrogens with one attached hydrogen (secondary N) is 1. The third kappa shape index (κ3) is 3.07. The van der Waals surface area contributed by atoms with Crippen molar-refractivity contribution in [2.45, 2.75) is 26.8 Å². The van der Waals surface area contributed by atoms with Gasteiger partial charge in [0.25, 0.3) is 0 Å². The lowest BCUT2D eigenvalue weighted by Gasteiger charge is -2.15. The van der Waals surface area contributed by atoms with Crippen LogP contribution in [0.15, 0.2) is 24.4 Å². The van der Waals surface area contributed by atoms with Crippen LogP contribution < -0.4 is 5.32 Å². The van der Waals surface area contributed by atoms with Crippen LogP contribution in [0.3, 0.4) is 0 Å². The summed E-state index contributed by atoms with van der Waals surface area (Å²) in [7, 11) is 0. The van der Waals surface area contributed by atoms with Gasteiger partial charge in [-0.2, -0.15) is 0 Å². The number of amides is 1. The van der Waals surface area contributed by atoms with Crippen molar-refractivity contribution in [2.75, 3.05) is 5.32 Å². The van der Waals surface area contributed by atoms with Gasteiger partial charge in [-0.1, -0.05) is 17.3 Å². The smallest absolute Gasteiger partial charge is 0.355 e. The molecule has 1 amide bonds. The maximum Gasteiger partial charge on any atom is 0.355 e. The van der Waals surface area contributed by atoms with Gasteiger partial charge in [0.1, 0.15) is 6.04 Å². The Balaban J connectivity index is 2.22. The number of nitrogens with zero attached hydrogens (tertiary/aromatic N) is 3. The van der Waals surface area contributed by atoms with E-state index in [1.807, 2.05) is 32.0 Å². The Morgan fingerprint density at radius 3 is 2.71 bits per heavy atom. The largest absolute Gasteiger partial charge is 0.476 e. The molecule has 2 aromatic rings. The fraction of sp³-hybridized carbons (Fsp3) is 0.286. The van der Waals surface area contributed by atoms with Gasteiger partial charge in [0.05, 0.1) is 6.20 Å². The Morgan fingerprint density at radius 2 is 2.05 bits per heavy atom. The number of aryl methyl sites for hydroxylation is 2. The number of benzene rings is 1. The first-order valence-electron chi connectivity index (χ1n) is 6.41. The van der Waals surface area contributed by atoms with E-state index in [1.54, 1.807) is 6.92 Å². The molecule has 0 aliphatic carbocycles. The van der Waals surface area contributed by atoms with Crippen LogP contribution in [0.2, 0.25) is 0 Å². The number of aromatic nitrogens is 3. The molecule has 0 bridgehead atoms. The lowest BCUT2D eigenvalue weighted by molar-refractivity contribution is -0.119. The van der Waals surface area contributed by atoms with E-state index in [9.17, 15) is 9.59 Å². The molecule has 110 valence electrons. The molecule has 0 radical (unpaired) electrons. The molecule has 1 heterocycles. The molecular formula is C14H16N4O3. The molecule has 1 aromatic heterocycles. The van der Waals surface area contributed by atoms with E-state index in [2.05, 4.69) is 15.6 Å². The van der Waals surface area contributed by atoms with Crippen molar-refractivity contribution >= 4 is 17.6 Å². The van der Waals surface area contributed by atoms with Crippen molar-refractivity contribution in [3.05, 3.63) is 41.2 Å². The summed E-state index contributed by atoms with van der Waals surface area (Å²) >= 11 is 0. The second-order valence-corrected chi connectivity index (χ2v) is 4.85. The second-order valence-electron chi connectivity index (χ2n) is 4.85. The highest BCUT2D eigenvalue weighted by atomic mass is 16.4. The average Bonchev–Trinajstić information content (AvgIpc) is 2.91. The lowest BCUT2D eigenvalue weighted by Crippen LogP contribution is -2.27. The summed E-state index contributed by atoms with van der Waals surface area (Å²) in [6.45, 7) is 5.39. The number of carbonyl (C=O) groups excluding carboxylic acids is 1. The first-order chi connectivity index (χ1) is 9.90. The minimum atomic E-state index is -1.17. The quantitative estimate of drug-likeness (QED) is 0.894. The van der Waals surface area contributed by atoms with E-state index < -0.39 is 12.0 Å². The zero-order valence-electron chi connectivity index (χ0n) is 12.0. The van der Waals surface area contributed by atoms with Crippen LogP contribution in [0.1, 0.15) is 34.6 Å². The number of carboxylic acids is 1. The van der Waals surface area contributed by atoms with Gasteiger partial charge in [0.2, 0.25) is 5.91 Å². The van der Waals surface area contributed by atoms with Crippen LogP contribution in [-0.4, -0.2) is 32.0 Å². The fourth-order valence-electron chi connectivity index (χ4n) is 1.90. The molecule has 2 N–H and O–H groups in total. The number of rotatable bonds is 4. The molecule has 7 heteroatoms. The number of hydrogen-bond donors (Lipinski definition) is 2. The van der Waals surface area contributed by atoms with Gasteiger partial charge in [0.15, 0.2) is 5.69 Å². The van der Waals surface area contributed by atoms with Crippen molar-refractivity contribution in [1.82, 2.24) is 15.0 Å². The first kappa shape index (κ1) is 14.7. The number of hydrogen-bond acceptors (Lipinski definition) is 4. The van der Waals surface area contributed by atoms with E-state index in [0.717, 1.165) is 22.0 Å². The molecule has 0 aliphatic rings. The first-order valence-corrected chi connectivity index (χ1v) is 6.41. The van der Waals surface area contributed by atoms with Gasteiger partial charge in [-0.3, -0.25) is 4.79 Å². The summed E-state index contributed by atoms with van der Waals surface area (Å²) in [4.78, 5) is 23.3. The molecule has 0 fully saturated rings. The molecule has 0 spiro atoms. The Morgan fingerprint density at radius 1 is 1.33 bits per heavy atom. The van der Waals surface area contributed by atoms with E-state index in [0.29, 0.717) is 5.69 Å². The summed E-state index contributed by atoms with van der Waals surface area (Å²) in [5.74, 6) is -1.52. The van der Waals surface area contributed by atoms with Crippen molar-refractivity contribution < 1.29 is 14.7 Å². The molecule has 1 atom stereocenters. The van der Waals surface area contributed by atoms with Crippen LogP contribution in [0.25, 0.3) is 0 Å². The Kier molecular flexibility index (Phi) is 4.02. The fourth-order valence-corrected chi connectivity index (χ4v) is 1.90. The van der Waals surface area contributed by atoms with Gasteiger partial charge >= 0.3 is 5.97 Å². The Labute approximate surface area is 121 Å². The average molecular weight is 288 g/mol.